The smallest absolute Gasteiger partial charge is 0.314 e. The first-order chi connectivity index (χ1) is 8.22. The van der Waals surface area contributed by atoms with Crippen LogP contribution < -0.4 is 10.6 Å². The fourth-order valence-corrected chi connectivity index (χ4v) is 1.44. The van der Waals surface area contributed by atoms with Crippen LogP contribution in [-0.4, -0.2) is 25.0 Å². The Morgan fingerprint density at radius 2 is 1.82 bits per heavy atom. The van der Waals surface area contributed by atoms with Gasteiger partial charge < -0.3 is 10.6 Å². The Balaban J connectivity index is 2.14. The summed E-state index contributed by atoms with van der Waals surface area (Å²) in [6.45, 7) is 1.10. The van der Waals surface area contributed by atoms with Crippen LogP contribution in [-0.2, 0) is 6.42 Å². The number of carbonyl (C=O) groups is 1. The zero-order chi connectivity index (χ0) is 12.5. The van der Waals surface area contributed by atoms with Gasteiger partial charge in [-0.05, 0) is 30.5 Å². The summed E-state index contributed by atoms with van der Waals surface area (Å²) >= 11 is 5.48. The number of rotatable bonds is 6. The molecule has 0 spiro atoms. The molecular formula is C12H16ClFN2O. The molecule has 0 radical (unpaired) electrons. The van der Waals surface area contributed by atoms with Gasteiger partial charge in [-0.25, -0.2) is 9.18 Å². The molecule has 0 aromatic heterocycles. The van der Waals surface area contributed by atoms with E-state index in [1.54, 1.807) is 12.1 Å². The molecule has 0 bridgehead atoms. The number of hydrogen-bond acceptors (Lipinski definition) is 1. The largest absolute Gasteiger partial charge is 0.338 e. The molecular weight excluding hydrogens is 243 g/mol. The molecule has 0 aliphatic heterocycles. The van der Waals surface area contributed by atoms with Crippen LogP contribution in [0.4, 0.5) is 9.18 Å². The third-order valence-corrected chi connectivity index (χ3v) is 2.48. The lowest BCUT2D eigenvalue weighted by Crippen LogP contribution is -2.37. The Morgan fingerprint density at radius 3 is 2.47 bits per heavy atom. The molecule has 94 valence electrons. The molecule has 2 amide bonds. The Hall–Kier alpha value is -1.29. The number of urea groups is 1. The number of alkyl halides is 1. The molecule has 0 saturated heterocycles. The van der Waals surface area contributed by atoms with Crippen LogP contribution in [0.2, 0.25) is 0 Å². The minimum Gasteiger partial charge on any atom is -0.338 e. The summed E-state index contributed by atoms with van der Waals surface area (Å²) in [6, 6.07) is 6.05. The van der Waals surface area contributed by atoms with Crippen LogP contribution in [0.15, 0.2) is 24.3 Å². The highest BCUT2D eigenvalue weighted by atomic mass is 35.5. The average molecular weight is 259 g/mol. The molecule has 0 unspecified atom stereocenters. The molecule has 0 fully saturated rings. The topological polar surface area (TPSA) is 41.1 Å². The molecule has 1 rings (SSSR count). The van der Waals surface area contributed by atoms with E-state index in [1.165, 1.54) is 12.1 Å². The van der Waals surface area contributed by atoms with Gasteiger partial charge >= 0.3 is 6.03 Å². The fraction of sp³-hybridized carbons (Fsp3) is 0.417. The van der Waals surface area contributed by atoms with Crippen molar-refractivity contribution in [3.63, 3.8) is 0 Å². The van der Waals surface area contributed by atoms with Crippen LogP contribution >= 0.6 is 11.6 Å². The second-order valence-electron chi connectivity index (χ2n) is 3.60. The molecule has 0 heterocycles. The average Bonchev–Trinajstić information content (AvgIpc) is 2.32. The van der Waals surface area contributed by atoms with Crippen LogP contribution in [0, 0.1) is 5.82 Å². The molecule has 2 N–H and O–H groups in total. The lowest BCUT2D eigenvalue weighted by Gasteiger charge is -2.06. The maximum atomic E-state index is 12.6. The monoisotopic (exact) mass is 258 g/mol. The molecule has 0 aliphatic carbocycles. The van der Waals surface area contributed by atoms with E-state index in [9.17, 15) is 9.18 Å². The third-order valence-electron chi connectivity index (χ3n) is 2.21. The number of carbonyl (C=O) groups excluding carboxylic acids is 1. The summed E-state index contributed by atoms with van der Waals surface area (Å²) < 4.78 is 12.6. The molecule has 0 atom stereocenters. The number of nitrogens with one attached hydrogen (secondary N) is 2. The minimum atomic E-state index is -0.250. The van der Waals surface area contributed by atoms with E-state index in [4.69, 9.17) is 11.6 Å². The van der Waals surface area contributed by atoms with Crippen molar-refractivity contribution in [2.24, 2.45) is 0 Å². The van der Waals surface area contributed by atoms with Crippen LogP contribution in [0.3, 0.4) is 0 Å². The summed E-state index contributed by atoms with van der Waals surface area (Å²) in [5.74, 6) is 0.288. The zero-order valence-electron chi connectivity index (χ0n) is 9.51. The van der Waals surface area contributed by atoms with E-state index in [0.29, 0.717) is 25.4 Å². The summed E-state index contributed by atoms with van der Waals surface area (Å²) in [6.07, 6.45) is 1.44. The number of benzene rings is 1. The van der Waals surface area contributed by atoms with Gasteiger partial charge in [-0.1, -0.05) is 12.1 Å². The van der Waals surface area contributed by atoms with E-state index in [1.807, 2.05) is 0 Å². The van der Waals surface area contributed by atoms with Crippen molar-refractivity contribution in [2.45, 2.75) is 12.8 Å². The van der Waals surface area contributed by atoms with E-state index >= 15 is 0 Å². The second kappa shape index (κ2) is 7.90. The van der Waals surface area contributed by atoms with Gasteiger partial charge in [0.15, 0.2) is 0 Å². The van der Waals surface area contributed by atoms with Crippen molar-refractivity contribution in [1.82, 2.24) is 10.6 Å². The SMILES string of the molecule is O=C(NCCCCl)NCCc1ccc(F)cc1. The predicted octanol–water partition coefficient (Wildman–Crippen LogP) is 2.30. The maximum absolute atomic E-state index is 12.6. The number of halogens is 2. The quantitative estimate of drug-likeness (QED) is 0.597. The van der Waals surface area contributed by atoms with Gasteiger partial charge in [-0.15, -0.1) is 11.6 Å². The van der Waals surface area contributed by atoms with E-state index in [0.717, 1.165) is 12.0 Å². The van der Waals surface area contributed by atoms with Crippen LogP contribution in [0.5, 0.6) is 0 Å². The standard InChI is InChI=1S/C12H16ClFN2O/c13-7-1-8-15-12(17)16-9-6-10-2-4-11(14)5-3-10/h2-5H,1,6-9H2,(H2,15,16,17). The normalized spacial score (nSPS) is 10.0. The van der Waals surface area contributed by atoms with Crippen molar-refractivity contribution in [1.29, 1.82) is 0 Å². The number of hydrogen-bond donors (Lipinski definition) is 2. The highest BCUT2D eigenvalue weighted by molar-refractivity contribution is 6.17. The maximum Gasteiger partial charge on any atom is 0.314 e. The van der Waals surface area contributed by atoms with Crippen molar-refractivity contribution in [3.05, 3.63) is 35.6 Å². The minimum absolute atomic E-state index is 0.197. The van der Waals surface area contributed by atoms with Gasteiger partial charge in [0.25, 0.3) is 0 Å². The lowest BCUT2D eigenvalue weighted by molar-refractivity contribution is 0.241. The Kier molecular flexibility index (Phi) is 6.40. The van der Waals surface area contributed by atoms with Crippen LogP contribution in [0.1, 0.15) is 12.0 Å². The first kappa shape index (κ1) is 13.8. The lowest BCUT2D eigenvalue weighted by atomic mass is 10.1. The van der Waals surface area contributed by atoms with Crippen molar-refractivity contribution >= 4 is 17.6 Å². The highest BCUT2D eigenvalue weighted by Gasteiger charge is 1.99. The molecule has 0 aliphatic rings. The fourth-order valence-electron chi connectivity index (χ4n) is 1.30. The van der Waals surface area contributed by atoms with Gasteiger partial charge in [0.05, 0.1) is 0 Å². The van der Waals surface area contributed by atoms with E-state index in [-0.39, 0.29) is 11.8 Å². The molecule has 1 aromatic carbocycles. The van der Waals surface area contributed by atoms with E-state index < -0.39 is 0 Å². The van der Waals surface area contributed by atoms with Gasteiger partial charge in [-0.2, -0.15) is 0 Å². The first-order valence-corrected chi connectivity index (χ1v) is 6.08. The molecule has 3 nitrogen and oxygen atoms in total. The predicted molar refractivity (Wildman–Crippen MR) is 66.8 cm³/mol. The number of amides is 2. The third kappa shape index (κ3) is 6.12. The Labute approximate surface area is 105 Å². The summed E-state index contributed by atoms with van der Waals surface area (Å²) in [5.41, 5.74) is 0.993. The molecule has 17 heavy (non-hydrogen) atoms. The Morgan fingerprint density at radius 1 is 1.18 bits per heavy atom. The Bertz CT molecular complexity index is 343. The molecule has 0 saturated carbocycles. The summed E-state index contributed by atoms with van der Waals surface area (Å²) in [4.78, 5) is 11.2. The highest BCUT2D eigenvalue weighted by Crippen LogP contribution is 2.02. The van der Waals surface area contributed by atoms with Crippen molar-refractivity contribution < 1.29 is 9.18 Å². The zero-order valence-corrected chi connectivity index (χ0v) is 10.3. The van der Waals surface area contributed by atoms with Crippen molar-refractivity contribution in [3.8, 4) is 0 Å². The van der Waals surface area contributed by atoms with Crippen molar-refractivity contribution in [2.75, 3.05) is 19.0 Å². The van der Waals surface area contributed by atoms with Gasteiger partial charge in [0.2, 0.25) is 0 Å². The second-order valence-corrected chi connectivity index (χ2v) is 3.98. The summed E-state index contributed by atoms with van der Waals surface area (Å²) in [7, 11) is 0. The summed E-state index contributed by atoms with van der Waals surface area (Å²) in [5, 5.41) is 5.40. The van der Waals surface area contributed by atoms with E-state index in [2.05, 4.69) is 10.6 Å². The molecule has 1 aromatic rings. The van der Waals surface area contributed by atoms with Gasteiger partial charge in [0.1, 0.15) is 5.82 Å². The van der Waals surface area contributed by atoms with Gasteiger partial charge in [0, 0.05) is 19.0 Å². The first-order valence-electron chi connectivity index (χ1n) is 5.54. The van der Waals surface area contributed by atoms with Crippen LogP contribution in [0.25, 0.3) is 0 Å². The van der Waals surface area contributed by atoms with Gasteiger partial charge in [-0.3, -0.25) is 0 Å². The molecule has 5 heteroatoms.